The average Bonchev–Trinajstić information content (AvgIpc) is 2.97. The SMILES string of the molecule is O=c1cc(-c2ccccn2)[nH]c2c3c(ccc12)OCC3. The molecule has 3 aromatic rings. The normalized spacial score (nSPS) is 13.2. The first-order valence-electron chi connectivity index (χ1n) is 6.56. The highest BCUT2D eigenvalue weighted by Gasteiger charge is 2.17. The number of rotatable bonds is 1. The number of nitrogens with zero attached hydrogens (tertiary/aromatic N) is 1. The number of aromatic nitrogens is 2. The van der Waals surface area contributed by atoms with Crippen LogP contribution in [0.1, 0.15) is 5.56 Å². The number of H-pyrrole nitrogens is 1. The molecule has 4 heteroatoms. The lowest BCUT2D eigenvalue weighted by Crippen LogP contribution is -2.04. The summed E-state index contributed by atoms with van der Waals surface area (Å²) in [6.45, 7) is 0.671. The molecule has 0 fully saturated rings. The van der Waals surface area contributed by atoms with Crippen molar-refractivity contribution >= 4 is 10.9 Å². The number of nitrogens with one attached hydrogen (secondary N) is 1. The largest absolute Gasteiger partial charge is 0.493 e. The van der Waals surface area contributed by atoms with Gasteiger partial charge in [0.2, 0.25) is 0 Å². The molecule has 0 spiro atoms. The van der Waals surface area contributed by atoms with E-state index in [4.69, 9.17) is 4.74 Å². The molecule has 1 N–H and O–H groups in total. The van der Waals surface area contributed by atoms with E-state index in [2.05, 4.69) is 9.97 Å². The number of aromatic amines is 1. The summed E-state index contributed by atoms with van der Waals surface area (Å²) >= 11 is 0. The maximum Gasteiger partial charge on any atom is 0.190 e. The fourth-order valence-electron chi connectivity index (χ4n) is 2.66. The van der Waals surface area contributed by atoms with Crippen molar-refractivity contribution in [2.24, 2.45) is 0 Å². The highest BCUT2D eigenvalue weighted by atomic mass is 16.5. The first kappa shape index (κ1) is 11.2. The second kappa shape index (κ2) is 4.20. The minimum atomic E-state index is 0.00843. The molecular formula is C16H12N2O2. The van der Waals surface area contributed by atoms with E-state index < -0.39 is 0 Å². The maximum atomic E-state index is 12.3. The Morgan fingerprint density at radius 2 is 2.15 bits per heavy atom. The lowest BCUT2D eigenvalue weighted by Gasteiger charge is -2.07. The van der Waals surface area contributed by atoms with Gasteiger partial charge in [-0.3, -0.25) is 9.78 Å². The third kappa shape index (κ3) is 1.61. The van der Waals surface area contributed by atoms with Gasteiger partial charge in [-0.25, -0.2) is 0 Å². The zero-order valence-corrected chi connectivity index (χ0v) is 10.7. The van der Waals surface area contributed by atoms with Gasteiger partial charge in [0.15, 0.2) is 5.43 Å². The summed E-state index contributed by atoms with van der Waals surface area (Å²) in [5, 5.41) is 0.703. The van der Waals surface area contributed by atoms with Gasteiger partial charge in [0.25, 0.3) is 0 Å². The minimum absolute atomic E-state index is 0.00843. The quantitative estimate of drug-likeness (QED) is 0.734. The van der Waals surface area contributed by atoms with Gasteiger partial charge in [-0.2, -0.15) is 0 Å². The van der Waals surface area contributed by atoms with E-state index in [1.54, 1.807) is 12.3 Å². The second-order valence-electron chi connectivity index (χ2n) is 4.83. The van der Waals surface area contributed by atoms with Crippen LogP contribution in [-0.2, 0) is 6.42 Å². The van der Waals surface area contributed by atoms with E-state index in [9.17, 15) is 4.79 Å². The number of benzene rings is 1. The van der Waals surface area contributed by atoms with Crippen LogP contribution >= 0.6 is 0 Å². The molecule has 2 aromatic heterocycles. The van der Waals surface area contributed by atoms with E-state index in [1.807, 2.05) is 30.3 Å². The van der Waals surface area contributed by atoms with Crippen LogP contribution in [0, 0.1) is 0 Å². The van der Waals surface area contributed by atoms with E-state index in [0.717, 1.165) is 34.6 Å². The molecule has 98 valence electrons. The summed E-state index contributed by atoms with van der Waals surface area (Å²) in [6, 6.07) is 10.9. The molecule has 0 bridgehead atoms. The topological polar surface area (TPSA) is 55.0 Å². The Bertz CT molecular complexity index is 853. The second-order valence-corrected chi connectivity index (χ2v) is 4.83. The lowest BCUT2D eigenvalue weighted by molar-refractivity contribution is 0.357. The third-order valence-electron chi connectivity index (χ3n) is 3.62. The molecule has 4 nitrogen and oxygen atoms in total. The maximum absolute atomic E-state index is 12.3. The number of pyridine rings is 2. The molecule has 1 aliphatic heterocycles. The molecule has 20 heavy (non-hydrogen) atoms. The smallest absolute Gasteiger partial charge is 0.190 e. The van der Waals surface area contributed by atoms with Gasteiger partial charge < -0.3 is 9.72 Å². The van der Waals surface area contributed by atoms with Gasteiger partial charge in [-0.05, 0) is 24.3 Å². The summed E-state index contributed by atoms with van der Waals surface area (Å²) in [7, 11) is 0. The van der Waals surface area contributed by atoms with Gasteiger partial charge in [0.1, 0.15) is 5.75 Å². The van der Waals surface area contributed by atoms with Crippen LogP contribution in [0.15, 0.2) is 47.4 Å². The van der Waals surface area contributed by atoms with E-state index in [-0.39, 0.29) is 5.43 Å². The first-order chi connectivity index (χ1) is 9.83. The number of hydrogen-bond donors (Lipinski definition) is 1. The Morgan fingerprint density at radius 1 is 1.20 bits per heavy atom. The number of hydrogen-bond acceptors (Lipinski definition) is 3. The van der Waals surface area contributed by atoms with Crippen LogP contribution in [0.4, 0.5) is 0 Å². The molecule has 0 unspecified atom stereocenters. The van der Waals surface area contributed by atoms with E-state index in [1.165, 1.54) is 0 Å². The summed E-state index contributed by atoms with van der Waals surface area (Å²) in [6.07, 6.45) is 2.55. The predicted molar refractivity (Wildman–Crippen MR) is 77.0 cm³/mol. The molecule has 1 aliphatic rings. The van der Waals surface area contributed by atoms with Gasteiger partial charge in [-0.15, -0.1) is 0 Å². The third-order valence-corrected chi connectivity index (χ3v) is 3.62. The van der Waals surface area contributed by atoms with Gasteiger partial charge >= 0.3 is 0 Å². The van der Waals surface area contributed by atoms with Gasteiger partial charge in [-0.1, -0.05) is 6.07 Å². The highest BCUT2D eigenvalue weighted by Crippen LogP contribution is 2.31. The lowest BCUT2D eigenvalue weighted by atomic mass is 10.1. The van der Waals surface area contributed by atoms with Crippen molar-refractivity contribution in [1.29, 1.82) is 0 Å². The molecule has 4 rings (SSSR count). The van der Waals surface area contributed by atoms with Crippen LogP contribution in [0.25, 0.3) is 22.3 Å². The zero-order valence-electron chi connectivity index (χ0n) is 10.7. The van der Waals surface area contributed by atoms with Crippen molar-refractivity contribution in [3.8, 4) is 17.1 Å². The van der Waals surface area contributed by atoms with Crippen molar-refractivity contribution in [3.63, 3.8) is 0 Å². The summed E-state index contributed by atoms with van der Waals surface area (Å²) < 4.78 is 5.55. The minimum Gasteiger partial charge on any atom is -0.493 e. The monoisotopic (exact) mass is 264 g/mol. The molecular weight excluding hydrogens is 252 g/mol. The molecule has 0 aliphatic carbocycles. The van der Waals surface area contributed by atoms with Gasteiger partial charge in [0, 0.05) is 29.6 Å². The molecule has 0 saturated heterocycles. The molecule has 1 aromatic carbocycles. The van der Waals surface area contributed by atoms with E-state index in [0.29, 0.717) is 12.0 Å². The summed E-state index contributed by atoms with van der Waals surface area (Å²) in [4.78, 5) is 19.9. The van der Waals surface area contributed by atoms with E-state index >= 15 is 0 Å². The Hall–Kier alpha value is -2.62. The summed E-state index contributed by atoms with van der Waals surface area (Å²) in [5.41, 5.74) is 3.46. The highest BCUT2D eigenvalue weighted by molar-refractivity contribution is 5.86. The molecule has 0 saturated carbocycles. The Labute approximate surface area is 115 Å². The van der Waals surface area contributed by atoms with Crippen molar-refractivity contribution in [2.45, 2.75) is 6.42 Å². The molecule has 0 amide bonds. The Morgan fingerprint density at radius 3 is 3.00 bits per heavy atom. The average molecular weight is 264 g/mol. The number of fused-ring (bicyclic) bond motifs is 3. The molecule has 0 radical (unpaired) electrons. The Kier molecular flexibility index (Phi) is 2.36. The molecule has 3 heterocycles. The van der Waals surface area contributed by atoms with Crippen molar-refractivity contribution in [3.05, 3.63) is 58.4 Å². The van der Waals surface area contributed by atoms with Crippen molar-refractivity contribution < 1.29 is 4.74 Å². The van der Waals surface area contributed by atoms with Gasteiger partial charge in [0.05, 0.1) is 23.5 Å². The number of ether oxygens (including phenoxy) is 1. The van der Waals surface area contributed by atoms with Crippen molar-refractivity contribution in [2.75, 3.05) is 6.61 Å². The standard InChI is InChI=1S/C16H12N2O2/c19-14-9-13(12-3-1-2-7-17-12)18-16-10(14)4-5-15-11(16)6-8-20-15/h1-5,7,9H,6,8H2,(H,18,19). The Balaban J connectivity index is 2.04. The van der Waals surface area contributed by atoms with Crippen LogP contribution in [0.5, 0.6) is 5.75 Å². The van der Waals surface area contributed by atoms with Crippen LogP contribution in [0.3, 0.4) is 0 Å². The fourth-order valence-corrected chi connectivity index (χ4v) is 2.66. The van der Waals surface area contributed by atoms with Crippen LogP contribution in [-0.4, -0.2) is 16.6 Å². The van der Waals surface area contributed by atoms with Crippen LogP contribution < -0.4 is 10.2 Å². The molecule has 0 atom stereocenters. The fraction of sp³-hybridized carbons (Fsp3) is 0.125. The van der Waals surface area contributed by atoms with Crippen LogP contribution in [0.2, 0.25) is 0 Å². The predicted octanol–water partition coefficient (Wildman–Crippen LogP) is 2.53. The zero-order chi connectivity index (χ0) is 13.5. The van der Waals surface area contributed by atoms with Crippen molar-refractivity contribution in [1.82, 2.24) is 9.97 Å². The summed E-state index contributed by atoms with van der Waals surface area (Å²) in [5.74, 6) is 0.867. The first-order valence-corrected chi connectivity index (χ1v) is 6.56.